The van der Waals surface area contributed by atoms with Gasteiger partial charge < -0.3 is 10.1 Å². The second kappa shape index (κ2) is 6.76. The molecule has 4 nitrogen and oxygen atoms in total. The van der Waals surface area contributed by atoms with Crippen LogP contribution in [0, 0.1) is 25.2 Å². The summed E-state index contributed by atoms with van der Waals surface area (Å²) in [7, 11) is 0. The maximum Gasteiger partial charge on any atom is 0.148 e. The fourth-order valence-electron chi connectivity index (χ4n) is 2.06. The van der Waals surface area contributed by atoms with E-state index in [0.29, 0.717) is 18.0 Å². The number of rotatable bonds is 5. The lowest BCUT2D eigenvalue weighted by Crippen LogP contribution is -2.01. The summed E-state index contributed by atoms with van der Waals surface area (Å²) in [5.41, 5.74) is 3.27. The molecule has 0 radical (unpaired) electrons. The molecule has 1 heterocycles. The van der Waals surface area contributed by atoms with Crippen LogP contribution in [0.2, 0.25) is 0 Å². The van der Waals surface area contributed by atoms with Gasteiger partial charge in [0.1, 0.15) is 17.6 Å². The molecule has 0 atom stereocenters. The Morgan fingerprint density at radius 3 is 2.57 bits per heavy atom. The molecule has 0 fully saturated rings. The van der Waals surface area contributed by atoms with Crippen molar-refractivity contribution < 1.29 is 4.74 Å². The van der Waals surface area contributed by atoms with Gasteiger partial charge in [-0.2, -0.15) is 5.26 Å². The second-order valence-corrected chi connectivity index (χ2v) is 4.91. The number of aryl methyl sites for hydroxylation is 2. The van der Waals surface area contributed by atoms with E-state index in [-0.39, 0.29) is 0 Å². The topological polar surface area (TPSA) is 57.9 Å². The Bertz CT molecular complexity index is 657. The van der Waals surface area contributed by atoms with Crippen LogP contribution >= 0.6 is 0 Å². The second-order valence-electron chi connectivity index (χ2n) is 4.91. The van der Waals surface area contributed by atoms with Gasteiger partial charge in [0.15, 0.2) is 0 Å². The van der Waals surface area contributed by atoms with Crippen molar-refractivity contribution in [2.24, 2.45) is 0 Å². The van der Waals surface area contributed by atoms with Crippen molar-refractivity contribution in [3.63, 3.8) is 0 Å². The van der Waals surface area contributed by atoms with Crippen LogP contribution in [0.4, 0.5) is 11.5 Å². The molecule has 0 bridgehead atoms. The summed E-state index contributed by atoms with van der Waals surface area (Å²) in [4.78, 5) is 4.41. The third kappa shape index (κ3) is 3.73. The van der Waals surface area contributed by atoms with Gasteiger partial charge in [-0.25, -0.2) is 4.98 Å². The molecule has 1 aromatic carbocycles. The zero-order valence-electron chi connectivity index (χ0n) is 12.6. The van der Waals surface area contributed by atoms with Gasteiger partial charge in [0.05, 0.1) is 12.2 Å². The number of hydrogen-bond donors (Lipinski definition) is 1. The van der Waals surface area contributed by atoms with Gasteiger partial charge in [0.25, 0.3) is 0 Å². The molecule has 0 unspecified atom stereocenters. The smallest absolute Gasteiger partial charge is 0.148 e. The summed E-state index contributed by atoms with van der Waals surface area (Å²) in [5.74, 6) is 1.44. The van der Waals surface area contributed by atoms with E-state index in [0.717, 1.165) is 29.1 Å². The number of anilines is 2. The minimum atomic E-state index is 0.576. The Hall–Kier alpha value is -2.54. The van der Waals surface area contributed by atoms with E-state index in [1.54, 1.807) is 0 Å². The van der Waals surface area contributed by atoms with Crippen LogP contribution in [0.25, 0.3) is 0 Å². The molecule has 0 aliphatic heterocycles. The Morgan fingerprint density at radius 2 is 1.95 bits per heavy atom. The van der Waals surface area contributed by atoms with Gasteiger partial charge in [-0.05, 0) is 56.2 Å². The van der Waals surface area contributed by atoms with E-state index in [9.17, 15) is 5.26 Å². The van der Waals surface area contributed by atoms with Gasteiger partial charge in [0, 0.05) is 11.4 Å². The summed E-state index contributed by atoms with van der Waals surface area (Å²) in [6.07, 6.45) is 0.984. The lowest BCUT2D eigenvalue weighted by Gasteiger charge is -2.11. The third-order valence-corrected chi connectivity index (χ3v) is 3.05. The lowest BCUT2D eigenvalue weighted by atomic mass is 10.1. The van der Waals surface area contributed by atoms with Crippen LogP contribution in [0.15, 0.2) is 30.3 Å². The minimum Gasteiger partial charge on any atom is -0.494 e. The summed E-state index contributed by atoms with van der Waals surface area (Å²) < 4.78 is 5.55. The largest absolute Gasteiger partial charge is 0.494 e. The molecule has 4 heteroatoms. The van der Waals surface area contributed by atoms with Crippen molar-refractivity contribution in [3.05, 3.63) is 47.2 Å². The molecule has 1 N–H and O–H groups in total. The first kappa shape index (κ1) is 14.9. The van der Waals surface area contributed by atoms with Crippen molar-refractivity contribution in [2.45, 2.75) is 27.2 Å². The molecule has 0 saturated carbocycles. The quantitative estimate of drug-likeness (QED) is 0.896. The number of ether oxygens (including phenoxy) is 1. The van der Waals surface area contributed by atoms with E-state index in [4.69, 9.17) is 4.74 Å². The van der Waals surface area contributed by atoms with Gasteiger partial charge in [-0.1, -0.05) is 6.92 Å². The summed E-state index contributed by atoms with van der Waals surface area (Å²) in [6, 6.07) is 11.8. The molecular formula is C17H19N3O. The van der Waals surface area contributed by atoms with Crippen LogP contribution in [-0.4, -0.2) is 11.6 Å². The van der Waals surface area contributed by atoms with E-state index >= 15 is 0 Å². The maximum absolute atomic E-state index is 9.26. The van der Waals surface area contributed by atoms with Crippen LogP contribution in [0.5, 0.6) is 5.75 Å². The fourth-order valence-corrected chi connectivity index (χ4v) is 2.06. The van der Waals surface area contributed by atoms with Crippen LogP contribution < -0.4 is 10.1 Å². The summed E-state index contributed by atoms with van der Waals surface area (Å²) in [6.45, 7) is 6.62. The first-order valence-electron chi connectivity index (χ1n) is 7.02. The molecule has 0 amide bonds. The number of aromatic nitrogens is 1. The number of benzene rings is 1. The molecule has 0 aliphatic rings. The van der Waals surface area contributed by atoms with Crippen molar-refractivity contribution in [2.75, 3.05) is 11.9 Å². The molecule has 21 heavy (non-hydrogen) atoms. The first-order chi connectivity index (χ1) is 10.1. The third-order valence-electron chi connectivity index (χ3n) is 3.05. The first-order valence-corrected chi connectivity index (χ1v) is 7.02. The highest BCUT2D eigenvalue weighted by molar-refractivity contribution is 5.65. The van der Waals surface area contributed by atoms with E-state index in [1.807, 2.05) is 44.2 Å². The molecule has 2 rings (SSSR count). The highest BCUT2D eigenvalue weighted by Gasteiger charge is 2.08. The molecular weight excluding hydrogens is 262 g/mol. The minimum absolute atomic E-state index is 0.576. The average Bonchev–Trinajstić information content (AvgIpc) is 2.46. The fraction of sp³-hybridized carbons (Fsp3) is 0.294. The maximum atomic E-state index is 9.26. The molecule has 1 aromatic heterocycles. The van der Waals surface area contributed by atoms with E-state index < -0.39 is 0 Å². The SMILES string of the molecule is CCCOc1ccc(Nc2nc(C)cc(C)c2C#N)cc1. The van der Waals surface area contributed by atoms with Gasteiger partial charge in [-0.3, -0.25) is 0 Å². The highest BCUT2D eigenvalue weighted by Crippen LogP contribution is 2.23. The number of nitrogens with zero attached hydrogens (tertiary/aromatic N) is 2. The van der Waals surface area contributed by atoms with Crippen molar-refractivity contribution in [3.8, 4) is 11.8 Å². The monoisotopic (exact) mass is 281 g/mol. The standard InChI is InChI=1S/C17H19N3O/c1-4-9-21-15-7-5-14(6-8-15)20-17-16(11-18)12(2)10-13(3)19-17/h5-8,10H,4,9H2,1-3H3,(H,19,20). The highest BCUT2D eigenvalue weighted by atomic mass is 16.5. The predicted molar refractivity (Wildman–Crippen MR) is 83.9 cm³/mol. The summed E-state index contributed by atoms with van der Waals surface area (Å²) in [5, 5.41) is 12.5. The van der Waals surface area contributed by atoms with Gasteiger partial charge in [0.2, 0.25) is 0 Å². The Morgan fingerprint density at radius 1 is 1.24 bits per heavy atom. The van der Waals surface area contributed by atoms with E-state index in [1.165, 1.54) is 0 Å². The van der Waals surface area contributed by atoms with Crippen molar-refractivity contribution >= 4 is 11.5 Å². The predicted octanol–water partition coefficient (Wildman–Crippen LogP) is 4.10. The van der Waals surface area contributed by atoms with Crippen molar-refractivity contribution in [1.29, 1.82) is 5.26 Å². The number of nitriles is 1. The number of nitrogens with one attached hydrogen (secondary N) is 1. The molecule has 0 spiro atoms. The molecule has 0 saturated heterocycles. The van der Waals surface area contributed by atoms with Crippen LogP contribution in [0.1, 0.15) is 30.2 Å². The lowest BCUT2D eigenvalue weighted by molar-refractivity contribution is 0.317. The normalized spacial score (nSPS) is 10.0. The zero-order valence-corrected chi connectivity index (χ0v) is 12.6. The van der Waals surface area contributed by atoms with Crippen LogP contribution in [-0.2, 0) is 0 Å². The van der Waals surface area contributed by atoms with E-state index in [2.05, 4.69) is 23.3 Å². The Balaban J connectivity index is 2.20. The van der Waals surface area contributed by atoms with Gasteiger partial charge >= 0.3 is 0 Å². The summed E-state index contributed by atoms with van der Waals surface area (Å²) >= 11 is 0. The Kier molecular flexibility index (Phi) is 4.78. The van der Waals surface area contributed by atoms with Crippen molar-refractivity contribution in [1.82, 2.24) is 4.98 Å². The molecule has 108 valence electrons. The van der Waals surface area contributed by atoms with Crippen LogP contribution in [0.3, 0.4) is 0 Å². The zero-order chi connectivity index (χ0) is 15.2. The Labute approximate surface area is 125 Å². The average molecular weight is 281 g/mol. The number of pyridine rings is 1. The molecule has 0 aliphatic carbocycles. The molecule has 2 aromatic rings. The van der Waals surface area contributed by atoms with Gasteiger partial charge in [-0.15, -0.1) is 0 Å². The number of hydrogen-bond acceptors (Lipinski definition) is 4.